The molecule has 0 amide bonds. The van der Waals surface area contributed by atoms with Crippen LogP contribution in [0.4, 0.5) is 0 Å². The Morgan fingerprint density at radius 3 is 2.44 bits per heavy atom. The monoisotopic (exact) mass is 254 g/mol. The van der Waals surface area contributed by atoms with Crippen molar-refractivity contribution >= 4 is 0 Å². The number of rotatable bonds is 6. The van der Waals surface area contributed by atoms with Crippen LogP contribution in [-0.2, 0) is 4.74 Å². The van der Waals surface area contributed by atoms with Gasteiger partial charge in [0, 0.05) is 31.8 Å². The predicted molar refractivity (Wildman–Crippen MR) is 75.7 cm³/mol. The third-order valence-corrected chi connectivity index (χ3v) is 4.90. The largest absolute Gasteiger partial charge is 0.381 e. The Kier molecular flexibility index (Phi) is 5.46. The van der Waals surface area contributed by atoms with Crippen molar-refractivity contribution in [2.75, 3.05) is 32.8 Å². The molecule has 2 N–H and O–H groups in total. The number of nitrogens with two attached hydrogens (primary N) is 1. The average molecular weight is 254 g/mol. The molecule has 1 aliphatic carbocycles. The van der Waals surface area contributed by atoms with E-state index in [2.05, 4.69) is 11.8 Å². The molecule has 0 bridgehead atoms. The van der Waals surface area contributed by atoms with Crippen molar-refractivity contribution in [1.82, 2.24) is 4.90 Å². The molecule has 106 valence electrons. The lowest BCUT2D eigenvalue weighted by Crippen LogP contribution is -2.54. The minimum Gasteiger partial charge on any atom is -0.381 e. The van der Waals surface area contributed by atoms with E-state index in [9.17, 15) is 0 Å². The highest BCUT2D eigenvalue weighted by Gasteiger charge is 2.38. The highest BCUT2D eigenvalue weighted by Crippen LogP contribution is 2.35. The third kappa shape index (κ3) is 3.25. The van der Waals surface area contributed by atoms with E-state index in [-0.39, 0.29) is 0 Å². The minimum absolute atomic E-state index is 0.328. The molecule has 1 saturated heterocycles. The Hall–Kier alpha value is -0.120. The maximum absolute atomic E-state index is 6.14. The SMILES string of the molecule is CCCN(CC1CCOCC1)C1(CN)CCCC1. The summed E-state index contributed by atoms with van der Waals surface area (Å²) >= 11 is 0. The van der Waals surface area contributed by atoms with Gasteiger partial charge >= 0.3 is 0 Å². The summed E-state index contributed by atoms with van der Waals surface area (Å²) < 4.78 is 5.47. The van der Waals surface area contributed by atoms with Crippen molar-refractivity contribution in [2.45, 2.75) is 57.4 Å². The van der Waals surface area contributed by atoms with E-state index in [1.54, 1.807) is 0 Å². The first kappa shape index (κ1) is 14.3. The van der Waals surface area contributed by atoms with Gasteiger partial charge in [0.1, 0.15) is 0 Å². The number of nitrogens with zero attached hydrogens (tertiary/aromatic N) is 1. The Bertz CT molecular complexity index is 233. The Morgan fingerprint density at radius 1 is 1.22 bits per heavy atom. The summed E-state index contributed by atoms with van der Waals surface area (Å²) in [5, 5.41) is 0. The fourth-order valence-electron chi connectivity index (χ4n) is 3.72. The maximum atomic E-state index is 6.14. The second-order valence-corrected chi connectivity index (χ2v) is 6.14. The molecule has 2 aliphatic rings. The van der Waals surface area contributed by atoms with Crippen LogP contribution in [0.2, 0.25) is 0 Å². The second-order valence-electron chi connectivity index (χ2n) is 6.14. The third-order valence-electron chi connectivity index (χ3n) is 4.90. The van der Waals surface area contributed by atoms with E-state index >= 15 is 0 Å². The van der Waals surface area contributed by atoms with Crippen LogP contribution < -0.4 is 5.73 Å². The summed E-state index contributed by atoms with van der Waals surface area (Å²) in [6, 6.07) is 0. The van der Waals surface area contributed by atoms with E-state index < -0.39 is 0 Å². The molecule has 2 rings (SSSR count). The highest BCUT2D eigenvalue weighted by atomic mass is 16.5. The molecule has 2 fully saturated rings. The smallest absolute Gasteiger partial charge is 0.0469 e. The zero-order valence-corrected chi connectivity index (χ0v) is 12.0. The molecular formula is C15H30N2O. The zero-order chi connectivity index (χ0) is 12.8. The van der Waals surface area contributed by atoms with Gasteiger partial charge in [0.15, 0.2) is 0 Å². The topological polar surface area (TPSA) is 38.5 Å². The maximum Gasteiger partial charge on any atom is 0.0469 e. The lowest BCUT2D eigenvalue weighted by Gasteiger charge is -2.43. The van der Waals surface area contributed by atoms with E-state index in [4.69, 9.17) is 10.5 Å². The van der Waals surface area contributed by atoms with Gasteiger partial charge in [-0.3, -0.25) is 4.90 Å². The second kappa shape index (κ2) is 6.88. The van der Waals surface area contributed by atoms with Crippen molar-refractivity contribution in [2.24, 2.45) is 11.7 Å². The normalized spacial score (nSPS) is 24.8. The molecule has 0 aromatic rings. The lowest BCUT2D eigenvalue weighted by molar-refractivity contribution is 0.0245. The average Bonchev–Trinajstić information content (AvgIpc) is 2.89. The molecule has 0 aromatic carbocycles. The van der Waals surface area contributed by atoms with Gasteiger partial charge in [-0.2, -0.15) is 0 Å². The van der Waals surface area contributed by atoms with Crippen molar-refractivity contribution in [3.63, 3.8) is 0 Å². The van der Waals surface area contributed by atoms with Crippen LogP contribution in [0.5, 0.6) is 0 Å². The first-order valence-electron chi connectivity index (χ1n) is 7.83. The van der Waals surface area contributed by atoms with Gasteiger partial charge in [0.25, 0.3) is 0 Å². The fourth-order valence-corrected chi connectivity index (χ4v) is 3.72. The summed E-state index contributed by atoms with van der Waals surface area (Å²) in [6.45, 7) is 7.51. The first-order chi connectivity index (χ1) is 8.80. The summed E-state index contributed by atoms with van der Waals surface area (Å²) in [4.78, 5) is 2.73. The van der Waals surface area contributed by atoms with Crippen LogP contribution in [0.25, 0.3) is 0 Å². The molecule has 1 aliphatic heterocycles. The van der Waals surface area contributed by atoms with Crippen LogP contribution in [0, 0.1) is 5.92 Å². The van der Waals surface area contributed by atoms with Gasteiger partial charge in [-0.25, -0.2) is 0 Å². The van der Waals surface area contributed by atoms with Crippen molar-refractivity contribution in [3.8, 4) is 0 Å². The minimum atomic E-state index is 0.328. The molecular weight excluding hydrogens is 224 g/mol. The molecule has 0 atom stereocenters. The van der Waals surface area contributed by atoms with Crippen LogP contribution in [0.1, 0.15) is 51.9 Å². The molecule has 3 nitrogen and oxygen atoms in total. The van der Waals surface area contributed by atoms with Gasteiger partial charge in [-0.15, -0.1) is 0 Å². The Labute approximate surface area is 112 Å². The van der Waals surface area contributed by atoms with E-state index in [1.807, 2.05) is 0 Å². The standard InChI is InChI=1S/C15H30N2O/c1-2-9-17(12-14-5-10-18-11-6-14)15(13-16)7-3-4-8-15/h14H,2-13,16H2,1H3. The summed E-state index contributed by atoms with van der Waals surface area (Å²) in [5.41, 5.74) is 6.47. The molecule has 0 spiro atoms. The molecule has 0 aromatic heterocycles. The highest BCUT2D eigenvalue weighted by molar-refractivity contribution is 4.96. The quantitative estimate of drug-likeness (QED) is 0.791. The summed E-state index contributed by atoms with van der Waals surface area (Å²) in [7, 11) is 0. The first-order valence-corrected chi connectivity index (χ1v) is 7.83. The van der Waals surface area contributed by atoms with Gasteiger partial charge in [0.2, 0.25) is 0 Å². The van der Waals surface area contributed by atoms with Crippen LogP contribution in [0.15, 0.2) is 0 Å². The van der Waals surface area contributed by atoms with Crippen molar-refractivity contribution in [1.29, 1.82) is 0 Å². The summed E-state index contributed by atoms with van der Waals surface area (Å²) in [5.74, 6) is 0.828. The van der Waals surface area contributed by atoms with Crippen molar-refractivity contribution < 1.29 is 4.74 Å². The number of hydrogen-bond acceptors (Lipinski definition) is 3. The molecule has 3 heteroatoms. The molecule has 0 radical (unpaired) electrons. The molecule has 1 heterocycles. The number of hydrogen-bond donors (Lipinski definition) is 1. The van der Waals surface area contributed by atoms with Crippen LogP contribution in [-0.4, -0.2) is 43.3 Å². The van der Waals surface area contributed by atoms with Crippen LogP contribution >= 0.6 is 0 Å². The predicted octanol–water partition coefficient (Wildman–Crippen LogP) is 2.40. The number of ether oxygens (including phenoxy) is 1. The van der Waals surface area contributed by atoms with Gasteiger partial charge in [-0.05, 0) is 44.6 Å². The van der Waals surface area contributed by atoms with E-state index in [1.165, 1.54) is 58.0 Å². The van der Waals surface area contributed by atoms with E-state index in [0.29, 0.717) is 5.54 Å². The van der Waals surface area contributed by atoms with Gasteiger partial charge in [-0.1, -0.05) is 19.8 Å². The Balaban J connectivity index is 1.97. The van der Waals surface area contributed by atoms with Gasteiger partial charge in [0.05, 0.1) is 0 Å². The molecule has 1 saturated carbocycles. The fraction of sp³-hybridized carbons (Fsp3) is 1.00. The van der Waals surface area contributed by atoms with Crippen molar-refractivity contribution in [3.05, 3.63) is 0 Å². The van der Waals surface area contributed by atoms with Gasteiger partial charge < -0.3 is 10.5 Å². The molecule has 18 heavy (non-hydrogen) atoms. The van der Waals surface area contributed by atoms with E-state index in [0.717, 1.165) is 25.7 Å². The molecule has 0 unspecified atom stereocenters. The zero-order valence-electron chi connectivity index (χ0n) is 12.0. The lowest BCUT2D eigenvalue weighted by atomic mass is 9.91. The summed E-state index contributed by atoms with van der Waals surface area (Å²) in [6.07, 6.45) is 9.07. The Morgan fingerprint density at radius 2 is 1.89 bits per heavy atom. The van der Waals surface area contributed by atoms with Crippen LogP contribution in [0.3, 0.4) is 0 Å².